The molecule has 30 heavy (non-hydrogen) atoms. The molecule has 6 nitrogen and oxygen atoms in total. The van der Waals surface area contributed by atoms with Crippen molar-refractivity contribution >= 4 is 26.8 Å². The molecule has 0 fully saturated rings. The molecule has 0 unspecified atom stereocenters. The average Bonchev–Trinajstić information content (AvgIpc) is 2.96. The van der Waals surface area contributed by atoms with E-state index >= 15 is 0 Å². The predicted molar refractivity (Wildman–Crippen MR) is 117 cm³/mol. The van der Waals surface area contributed by atoms with Crippen LogP contribution in [0, 0.1) is 6.92 Å². The zero-order valence-electron chi connectivity index (χ0n) is 18.0. The molecule has 0 atom stereocenters. The summed E-state index contributed by atoms with van der Waals surface area (Å²) >= 11 is 0. The highest BCUT2D eigenvalue weighted by molar-refractivity contribution is 7.91. The lowest BCUT2D eigenvalue weighted by atomic mass is 10.1. The van der Waals surface area contributed by atoms with Crippen LogP contribution < -0.4 is 5.32 Å². The molecule has 160 valence electrons. The Morgan fingerprint density at radius 1 is 1.07 bits per heavy atom. The van der Waals surface area contributed by atoms with Crippen LogP contribution in [0.15, 0.2) is 58.5 Å². The summed E-state index contributed by atoms with van der Waals surface area (Å²) < 4.78 is 33.3. The molecule has 0 radical (unpaired) electrons. The van der Waals surface area contributed by atoms with Crippen LogP contribution in [0.2, 0.25) is 0 Å². The minimum absolute atomic E-state index is 0.256. The summed E-state index contributed by atoms with van der Waals surface area (Å²) in [6.07, 6.45) is 2.05. The molecule has 0 saturated carbocycles. The molecule has 0 spiro atoms. The second-order valence-corrected chi connectivity index (χ2v) is 10.4. The van der Waals surface area contributed by atoms with Crippen molar-refractivity contribution in [2.75, 3.05) is 6.54 Å². The quantitative estimate of drug-likeness (QED) is 0.654. The number of hydrogen-bond acceptors (Lipinski definition) is 4. The summed E-state index contributed by atoms with van der Waals surface area (Å²) in [6, 6.07) is 12.0. The first kappa shape index (κ1) is 21.9. The second kappa shape index (κ2) is 8.14. The van der Waals surface area contributed by atoms with Gasteiger partial charge in [0.15, 0.2) is 0 Å². The maximum atomic E-state index is 13.1. The van der Waals surface area contributed by atoms with Crippen LogP contribution in [0.4, 0.5) is 4.79 Å². The average molecular weight is 429 g/mol. The van der Waals surface area contributed by atoms with Gasteiger partial charge in [-0.15, -0.1) is 0 Å². The largest absolute Gasteiger partial charge is 0.444 e. The Bertz CT molecular complexity index is 1170. The molecule has 2 aromatic carbocycles. The first-order valence-electron chi connectivity index (χ1n) is 9.84. The Labute approximate surface area is 177 Å². The van der Waals surface area contributed by atoms with E-state index in [2.05, 4.69) is 5.32 Å². The number of aryl methyl sites for hydroxylation is 2. The molecule has 0 aliphatic carbocycles. The van der Waals surface area contributed by atoms with E-state index in [1.165, 1.54) is 0 Å². The number of nitrogens with one attached hydrogen (secondary N) is 1. The van der Waals surface area contributed by atoms with Crippen LogP contribution in [0.3, 0.4) is 0 Å². The first-order chi connectivity index (χ1) is 14.0. The molecule has 1 aromatic heterocycles. The molecule has 1 amide bonds. The fourth-order valence-electron chi connectivity index (χ4n) is 3.29. The Morgan fingerprint density at radius 3 is 2.33 bits per heavy atom. The molecule has 7 heteroatoms. The standard InChI is InChI=1S/C23H28N2O4S/c1-16-6-8-18(9-7-16)30(27,28)19-10-11-21-20(14-19)17(15-25(21)5)12-13-24-22(26)29-23(2,3)4/h6-11,14-15H,12-13H2,1-5H3,(H,24,26). The van der Waals surface area contributed by atoms with Gasteiger partial charge in [-0.25, -0.2) is 13.2 Å². The van der Waals surface area contributed by atoms with Crippen molar-refractivity contribution in [2.45, 2.75) is 49.5 Å². The minimum atomic E-state index is -3.61. The van der Waals surface area contributed by atoms with E-state index in [0.717, 1.165) is 22.0 Å². The molecule has 3 rings (SSSR count). The fourth-order valence-corrected chi connectivity index (χ4v) is 4.57. The number of nitrogens with zero attached hydrogens (tertiary/aromatic N) is 1. The Balaban J connectivity index is 1.85. The Morgan fingerprint density at radius 2 is 1.70 bits per heavy atom. The first-order valence-corrected chi connectivity index (χ1v) is 11.3. The van der Waals surface area contributed by atoms with Gasteiger partial charge >= 0.3 is 6.09 Å². The van der Waals surface area contributed by atoms with Gasteiger partial charge in [0.2, 0.25) is 9.84 Å². The topological polar surface area (TPSA) is 77.4 Å². The number of carbonyl (C=O) groups excluding carboxylic acids is 1. The van der Waals surface area contributed by atoms with Crippen LogP contribution in [0.25, 0.3) is 10.9 Å². The van der Waals surface area contributed by atoms with Crippen LogP contribution in [-0.2, 0) is 28.0 Å². The van der Waals surface area contributed by atoms with Gasteiger partial charge in [0.05, 0.1) is 9.79 Å². The van der Waals surface area contributed by atoms with Crippen molar-refractivity contribution < 1.29 is 17.9 Å². The lowest BCUT2D eigenvalue weighted by Gasteiger charge is -2.19. The highest BCUT2D eigenvalue weighted by atomic mass is 32.2. The lowest BCUT2D eigenvalue weighted by molar-refractivity contribution is 0.0528. The number of sulfone groups is 1. The normalized spacial score (nSPS) is 12.2. The fraction of sp³-hybridized carbons (Fsp3) is 0.348. The van der Waals surface area contributed by atoms with Crippen molar-refractivity contribution in [1.29, 1.82) is 0 Å². The van der Waals surface area contributed by atoms with Crippen molar-refractivity contribution in [3.8, 4) is 0 Å². The molecule has 0 aliphatic rings. The summed E-state index contributed by atoms with van der Waals surface area (Å²) in [4.78, 5) is 12.4. The third-order valence-corrected chi connectivity index (χ3v) is 6.51. The third-order valence-electron chi connectivity index (χ3n) is 4.75. The molecule has 0 saturated heterocycles. The zero-order valence-corrected chi connectivity index (χ0v) is 18.8. The SMILES string of the molecule is Cc1ccc(S(=O)(=O)c2ccc3c(c2)c(CCNC(=O)OC(C)(C)C)cn3C)cc1. The predicted octanol–water partition coefficient (Wildman–Crippen LogP) is 4.39. The van der Waals surface area contributed by atoms with Crippen molar-refractivity contribution in [3.05, 3.63) is 59.8 Å². The summed E-state index contributed by atoms with van der Waals surface area (Å²) in [7, 11) is -1.69. The van der Waals surface area contributed by atoms with Gasteiger partial charge in [-0.1, -0.05) is 17.7 Å². The van der Waals surface area contributed by atoms with Crippen molar-refractivity contribution in [2.24, 2.45) is 7.05 Å². The van der Waals surface area contributed by atoms with Gasteiger partial charge in [0, 0.05) is 30.7 Å². The van der Waals surface area contributed by atoms with Gasteiger partial charge < -0.3 is 14.6 Å². The molecule has 0 bridgehead atoms. The highest BCUT2D eigenvalue weighted by Gasteiger charge is 2.20. The third kappa shape index (κ3) is 4.84. The van der Waals surface area contributed by atoms with Gasteiger partial charge in [0.1, 0.15) is 5.60 Å². The Hall–Kier alpha value is -2.80. The van der Waals surface area contributed by atoms with Gasteiger partial charge in [0.25, 0.3) is 0 Å². The molecule has 0 aliphatic heterocycles. The maximum Gasteiger partial charge on any atom is 0.407 e. The monoisotopic (exact) mass is 428 g/mol. The lowest BCUT2D eigenvalue weighted by Crippen LogP contribution is -2.33. The summed E-state index contributed by atoms with van der Waals surface area (Å²) in [6.45, 7) is 7.75. The number of hydrogen-bond donors (Lipinski definition) is 1. The molecular weight excluding hydrogens is 400 g/mol. The van der Waals surface area contributed by atoms with Crippen LogP contribution in [0.1, 0.15) is 31.9 Å². The smallest absolute Gasteiger partial charge is 0.407 e. The summed E-state index contributed by atoms with van der Waals surface area (Å²) in [5.41, 5.74) is 2.35. The van der Waals surface area contributed by atoms with E-state index in [-0.39, 0.29) is 9.79 Å². The number of rotatable bonds is 5. The van der Waals surface area contributed by atoms with E-state index in [0.29, 0.717) is 13.0 Å². The Kier molecular flexibility index (Phi) is 5.94. The van der Waals surface area contributed by atoms with E-state index in [9.17, 15) is 13.2 Å². The molecule has 1 heterocycles. The van der Waals surface area contributed by atoms with E-state index in [1.807, 2.05) is 51.6 Å². The van der Waals surface area contributed by atoms with E-state index in [4.69, 9.17) is 4.74 Å². The second-order valence-electron chi connectivity index (χ2n) is 8.44. The number of carbonyl (C=O) groups is 1. The van der Waals surface area contributed by atoms with Crippen LogP contribution in [-0.4, -0.2) is 31.2 Å². The van der Waals surface area contributed by atoms with Gasteiger partial charge in [-0.2, -0.15) is 0 Å². The summed E-state index contributed by atoms with van der Waals surface area (Å²) in [5.74, 6) is 0. The number of fused-ring (bicyclic) bond motifs is 1. The number of aromatic nitrogens is 1. The highest BCUT2D eigenvalue weighted by Crippen LogP contribution is 2.28. The zero-order chi connectivity index (χ0) is 22.1. The minimum Gasteiger partial charge on any atom is -0.444 e. The number of alkyl carbamates (subject to hydrolysis) is 1. The maximum absolute atomic E-state index is 13.1. The van der Waals surface area contributed by atoms with Crippen LogP contribution in [0.5, 0.6) is 0 Å². The van der Waals surface area contributed by atoms with E-state index < -0.39 is 21.5 Å². The molecule has 1 N–H and O–H groups in total. The van der Waals surface area contributed by atoms with Crippen molar-refractivity contribution in [1.82, 2.24) is 9.88 Å². The summed E-state index contributed by atoms with van der Waals surface area (Å²) in [5, 5.41) is 3.61. The number of benzene rings is 2. The van der Waals surface area contributed by atoms with E-state index in [1.54, 1.807) is 36.4 Å². The van der Waals surface area contributed by atoms with Crippen molar-refractivity contribution in [3.63, 3.8) is 0 Å². The molecular formula is C23H28N2O4S. The van der Waals surface area contributed by atoms with Gasteiger partial charge in [-0.3, -0.25) is 0 Å². The number of amides is 1. The number of ether oxygens (including phenoxy) is 1. The van der Waals surface area contributed by atoms with Crippen LogP contribution >= 0.6 is 0 Å². The molecule has 3 aromatic rings. The van der Waals surface area contributed by atoms with Gasteiger partial charge in [-0.05, 0) is 70.0 Å².